The van der Waals surface area contributed by atoms with E-state index in [4.69, 9.17) is 4.74 Å². The molecule has 9 nitrogen and oxygen atoms in total. The highest BCUT2D eigenvalue weighted by Crippen LogP contribution is 2.27. The van der Waals surface area contributed by atoms with Gasteiger partial charge in [0, 0.05) is 49.9 Å². The maximum Gasteiger partial charge on any atom is 0.262 e. The molecule has 3 aromatic rings. The van der Waals surface area contributed by atoms with Gasteiger partial charge in [0.15, 0.2) is 0 Å². The van der Waals surface area contributed by atoms with E-state index in [-0.39, 0.29) is 5.56 Å². The van der Waals surface area contributed by atoms with Gasteiger partial charge in [-0.1, -0.05) is 0 Å². The van der Waals surface area contributed by atoms with Gasteiger partial charge >= 0.3 is 0 Å². The largest absolute Gasteiger partial charge is 0.378 e. The van der Waals surface area contributed by atoms with Crippen LogP contribution in [0.15, 0.2) is 41.5 Å². The number of pyridine rings is 1. The molecule has 0 spiro atoms. The molecule has 3 heterocycles. The Morgan fingerprint density at radius 1 is 1.16 bits per heavy atom. The summed E-state index contributed by atoms with van der Waals surface area (Å²) < 4.78 is 5.42. The lowest BCUT2D eigenvalue weighted by atomic mass is 10.1. The first-order valence-electron chi connectivity index (χ1n) is 11.0. The van der Waals surface area contributed by atoms with Crippen LogP contribution in [0.25, 0.3) is 10.9 Å². The molecule has 1 atom stereocenters. The van der Waals surface area contributed by atoms with Gasteiger partial charge in [0.2, 0.25) is 0 Å². The van der Waals surface area contributed by atoms with E-state index in [9.17, 15) is 9.59 Å². The molecule has 3 N–H and O–H groups in total. The predicted octanol–water partition coefficient (Wildman–Crippen LogP) is 2.68. The summed E-state index contributed by atoms with van der Waals surface area (Å²) in [6.07, 6.45) is 3.56. The van der Waals surface area contributed by atoms with Gasteiger partial charge in [0.1, 0.15) is 22.8 Å². The topological polar surface area (TPSA) is 112 Å². The smallest absolute Gasteiger partial charge is 0.262 e. The highest BCUT2D eigenvalue weighted by atomic mass is 16.5. The Bertz CT molecular complexity index is 1170. The number of H-pyrrole nitrogens is 1. The van der Waals surface area contributed by atoms with Crippen molar-refractivity contribution >= 4 is 39.7 Å². The summed E-state index contributed by atoms with van der Waals surface area (Å²) in [5, 5.41) is 7.02. The molecule has 1 aliphatic heterocycles. The number of Topliss-reactive ketones (excluding diaryl/α,β-unsaturated/α-hetero) is 1. The van der Waals surface area contributed by atoms with E-state index < -0.39 is 0 Å². The fourth-order valence-corrected chi connectivity index (χ4v) is 4.30. The average molecular weight is 435 g/mol. The first kappa shape index (κ1) is 20.4. The van der Waals surface area contributed by atoms with Crippen molar-refractivity contribution < 1.29 is 9.53 Å². The summed E-state index contributed by atoms with van der Waals surface area (Å²) >= 11 is 0. The lowest BCUT2D eigenvalue weighted by Crippen LogP contribution is -2.36. The van der Waals surface area contributed by atoms with Crippen molar-refractivity contribution in [3.8, 4) is 0 Å². The number of benzene rings is 1. The molecule has 2 aliphatic rings. The van der Waals surface area contributed by atoms with Crippen LogP contribution in [0.1, 0.15) is 19.3 Å². The van der Waals surface area contributed by atoms with Crippen LogP contribution in [0.5, 0.6) is 0 Å². The van der Waals surface area contributed by atoms with Gasteiger partial charge < -0.3 is 25.3 Å². The molecule has 2 fully saturated rings. The summed E-state index contributed by atoms with van der Waals surface area (Å²) in [7, 11) is 0. The molecule has 2 aromatic heterocycles. The normalized spacial score (nSPS) is 18.8. The SMILES string of the molecule is O=C1CCC(CNc2cc3nc[nH]c(=O)c3c(Nc3ccc(N4CCOCC4)cc3)n2)C1. The number of fused-ring (bicyclic) bond motifs is 1. The standard InChI is InChI=1S/C23H26N6O3/c30-18-6-1-15(11-18)13-24-20-12-19-21(23(31)26-14-25-19)22(28-20)27-16-2-4-17(5-3-16)29-7-9-32-10-8-29/h2-5,12,14-15H,1,6-11,13H2,(H2,24,27,28)(H,25,26,31). The summed E-state index contributed by atoms with van der Waals surface area (Å²) in [4.78, 5) is 38.0. The van der Waals surface area contributed by atoms with Gasteiger partial charge in [0.25, 0.3) is 5.56 Å². The monoisotopic (exact) mass is 434 g/mol. The van der Waals surface area contributed by atoms with Crippen molar-refractivity contribution in [3.63, 3.8) is 0 Å². The summed E-state index contributed by atoms with van der Waals surface area (Å²) in [5.74, 6) is 1.71. The Morgan fingerprint density at radius 2 is 1.97 bits per heavy atom. The second kappa shape index (κ2) is 8.96. The van der Waals surface area contributed by atoms with E-state index in [0.29, 0.717) is 53.6 Å². The molecule has 166 valence electrons. The van der Waals surface area contributed by atoms with Gasteiger partial charge in [-0.3, -0.25) is 9.59 Å². The fraction of sp³-hybridized carbons (Fsp3) is 0.391. The number of carbonyl (C=O) groups excluding carboxylic acids is 1. The predicted molar refractivity (Wildman–Crippen MR) is 124 cm³/mol. The third-order valence-electron chi connectivity index (χ3n) is 6.05. The number of anilines is 4. The summed E-state index contributed by atoms with van der Waals surface area (Å²) in [6, 6.07) is 9.84. The first-order chi connectivity index (χ1) is 15.7. The van der Waals surface area contributed by atoms with Gasteiger partial charge in [-0.25, -0.2) is 9.97 Å². The molecular formula is C23H26N6O3. The number of nitrogens with zero attached hydrogens (tertiary/aromatic N) is 3. The third-order valence-corrected chi connectivity index (χ3v) is 6.05. The number of aromatic amines is 1. The summed E-state index contributed by atoms with van der Waals surface area (Å²) in [6.45, 7) is 3.89. The zero-order chi connectivity index (χ0) is 21.9. The Labute approximate surface area is 185 Å². The van der Waals surface area contributed by atoms with Crippen LogP contribution in [-0.2, 0) is 9.53 Å². The van der Waals surface area contributed by atoms with Crippen LogP contribution >= 0.6 is 0 Å². The molecule has 0 radical (unpaired) electrons. The number of morpholine rings is 1. The lowest BCUT2D eigenvalue weighted by molar-refractivity contribution is -0.117. The van der Waals surface area contributed by atoms with E-state index in [1.807, 2.05) is 12.1 Å². The fourth-order valence-electron chi connectivity index (χ4n) is 4.30. The summed E-state index contributed by atoms with van der Waals surface area (Å²) in [5.41, 5.74) is 2.28. The average Bonchev–Trinajstić information content (AvgIpc) is 3.24. The maximum atomic E-state index is 12.5. The number of ether oxygens (including phenoxy) is 1. The minimum atomic E-state index is -0.247. The molecule has 32 heavy (non-hydrogen) atoms. The Morgan fingerprint density at radius 3 is 2.72 bits per heavy atom. The Hall–Kier alpha value is -3.46. The van der Waals surface area contributed by atoms with Crippen molar-refractivity contribution in [2.75, 3.05) is 48.4 Å². The molecule has 1 unspecified atom stereocenters. The van der Waals surface area contributed by atoms with Crippen molar-refractivity contribution in [2.45, 2.75) is 19.3 Å². The number of nitrogens with one attached hydrogen (secondary N) is 3. The van der Waals surface area contributed by atoms with E-state index >= 15 is 0 Å². The zero-order valence-electron chi connectivity index (χ0n) is 17.8. The van der Waals surface area contributed by atoms with Crippen LogP contribution in [0.2, 0.25) is 0 Å². The van der Waals surface area contributed by atoms with E-state index in [2.05, 4.69) is 42.6 Å². The maximum absolute atomic E-state index is 12.5. The number of ketones is 1. The van der Waals surface area contributed by atoms with Crippen LogP contribution in [0.4, 0.5) is 23.0 Å². The van der Waals surface area contributed by atoms with Gasteiger partial charge in [0.05, 0.1) is 25.1 Å². The molecular weight excluding hydrogens is 408 g/mol. The molecule has 0 bridgehead atoms. The lowest BCUT2D eigenvalue weighted by Gasteiger charge is -2.28. The minimum Gasteiger partial charge on any atom is -0.378 e. The van der Waals surface area contributed by atoms with Crippen molar-refractivity contribution in [2.24, 2.45) is 5.92 Å². The number of hydrogen-bond donors (Lipinski definition) is 3. The zero-order valence-corrected chi connectivity index (χ0v) is 17.8. The highest BCUT2D eigenvalue weighted by Gasteiger charge is 2.22. The van der Waals surface area contributed by atoms with Crippen LogP contribution in [0.3, 0.4) is 0 Å². The Balaban J connectivity index is 1.39. The minimum absolute atomic E-state index is 0.247. The molecule has 1 saturated carbocycles. The van der Waals surface area contributed by atoms with Crippen molar-refractivity contribution in [1.29, 1.82) is 0 Å². The quantitative estimate of drug-likeness (QED) is 0.543. The van der Waals surface area contributed by atoms with E-state index in [0.717, 1.165) is 44.1 Å². The van der Waals surface area contributed by atoms with E-state index in [1.54, 1.807) is 6.07 Å². The van der Waals surface area contributed by atoms with Gasteiger partial charge in [-0.2, -0.15) is 0 Å². The van der Waals surface area contributed by atoms with Gasteiger partial charge in [-0.05, 0) is 36.6 Å². The molecule has 0 amide bonds. The molecule has 1 saturated heterocycles. The van der Waals surface area contributed by atoms with Crippen molar-refractivity contribution in [1.82, 2.24) is 15.0 Å². The van der Waals surface area contributed by atoms with Crippen LogP contribution in [0, 0.1) is 5.92 Å². The first-order valence-corrected chi connectivity index (χ1v) is 11.0. The second-order valence-electron chi connectivity index (χ2n) is 8.28. The molecule has 5 rings (SSSR count). The molecule has 9 heteroatoms. The number of hydrogen-bond acceptors (Lipinski definition) is 8. The number of rotatable bonds is 6. The Kier molecular flexibility index (Phi) is 5.72. The van der Waals surface area contributed by atoms with Gasteiger partial charge in [-0.15, -0.1) is 0 Å². The molecule has 1 aliphatic carbocycles. The second-order valence-corrected chi connectivity index (χ2v) is 8.28. The number of carbonyl (C=O) groups is 1. The van der Waals surface area contributed by atoms with Crippen LogP contribution < -0.4 is 21.1 Å². The van der Waals surface area contributed by atoms with E-state index in [1.165, 1.54) is 6.33 Å². The van der Waals surface area contributed by atoms with Crippen LogP contribution in [-0.4, -0.2) is 53.6 Å². The third kappa shape index (κ3) is 4.43. The number of aromatic nitrogens is 3. The van der Waals surface area contributed by atoms with Crippen molar-refractivity contribution in [3.05, 3.63) is 47.0 Å². The highest BCUT2D eigenvalue weighted by molar-refractivity contribution is 5.92. The molecule has 1 aromatic carbocycles.